The van der Waals surface area contributed by atoms with Crippen molar-refractivity contribution in [3.63, 3.8) is 0 Å². The second-order valence-corrected chi connectivity index (χ2v) is 12.8. The lowest BCUT2D eigenvalue weighted by Crippen LogP contribution is -2.62. The average Bonchev–Trinajstić information content (AvgIpc) is 3.12. The monoisotopic (exact) mass is 559 g/mol. The van der Waals surface area contributed by atoms with E-state index in [1.54, 1.807) is 0 Å². The predicted molar refractivity (Wildman–Crippen MR) is 141 cm³/mol. The number of ketones is 1. The number of aliphatic hydroxyl groups is 3. The molecule has 5 rings (SSSR count). The lowest BCUT2D eigenvalue weighted by molar-refractivity contribution is -0.181. The molecule has 0 radical (unpaired) electrons. The normalized spacial score (nSPS) is 40.7. The summed E-state index contributed by atoms with van der Waals surface area (Å²) in [5.41, 5.74) is 1.14. The number of hydrogen-bond donors (Lipinski definition) is 3. The van der Waals surface area contributed by atoms with E-state index in [-0.39, 0.29) is 23.2 Å². The zero-order chi connectivity index (χ0) is 25.7. The molecule has 7 heteroatoms. The fraction of sp³-hybridized carbons (Fsp3) is 0.655. The molecule has 6 nitrogen and oxygen atoms in total. The summed E-state index contributed by atoms with van der Waals surface area (Å²) in [6.07, 6.45) is 7.51. The Morgan fingerprint density at radius 1 is 1.22 bits per heavy atom. The number of fused-ring (bicyclic) bond motifs is 5. The molecule has 4 aliphatic rings. The third kappa shape index (κ3) is 4.11. The van der Waals surface area contributed by atoms with Gasteiger partial charge in [-0.2, -0.15) is 0 Å². The van der Waals surface area contributed by atoms with E-state index in [1.807, 2.05) is 19.1 Å². The molecule has 0 spiro atoms. The molecule has 0 saturated heterocycles. The van der Waals surface area contributed by atoms with Gasteiger partial charge in [0.15, 0.2) is 5.78 Å². The molecule has 1 aromatic rings. The number of nitrogens with zero attached hydrogens (tertiary/aromatic N) is 1. The Morgan fingerprint density at radius 2 is 2.03 bits per heavy atom. The summed E-state index contributed by atoms with van der Waals surface area (Å²) in [5.74, 6) is 0.0165. The highest BCUT2D eigenvalue weighted by atomic mass is 79.9. The minimum Gasteiger partial charge on any atom is -0.395 e. The zero-order valence-electron chi connectivity index (χ0n) is 21.3. The van der Waals surface area contributed by atoms with Crippen molar-refractivity contribution in [3.8, 4) is 0 Å². The van der Waals surface area contributed by atoms with Crippen LogP contribution in [0.15, 0.2) is 45.5 Å². The Kier molecular flexibility index (Phi) is 6.99. The third-order valence-corrected chi connectivity index (χ3v) is 10.7. The van der Waals surface area contributed by atoms with Crippen LogP contribution in [0.3, 0.4) is 0 Å². The molecule has 0 heterocycles. The van der Waals surface area contributed by atoms with Gasteiger partial charge in [-0.15, -0.1) is 0 Å². The highest BCUT2D eigenvalue weighted by Gasteiger charge is 2.68. The minimum absolute atomic E-state index is 0.0983. The van der Waals surface area contributed by atoms with E-state index in [0.717, 1.165) is 48.7 Å². The van der Waals surface area contributed by atoms with Gasteiger partial charge in [0.05, 0.1) is 11.8 Å². The van der Waals surface area contributed by atoms with Crippen molar-refractivity contribution in [3.05, 3.63) is 46.0 Å². The predicted octanol–water partition coefficient (Wildman–Crippen LogP) is 4.59. The second-order valence-electron chi connectivity index (χ2n) is 11.9. The summed E-state index contributed by atoms with van der Waals surface area (Å²) in [4.78, 5) is 18.3. The molecule has 3 N–H and O–H groups in total. The number of Topliss-reactive ketones (excluding diaryl/α,β-unsaturated/α-hetero) is 1. The van der Waals surface area contributed by atoms with Gasteiger partial charge in [0.2, 0.25) is 0 Å². The fourth-order valence-corrected chi connectivity index (χ4v) is 8.80. The van der Waals surface area contributed by atoms with E-state index in [1.165, 1.54) is 11.1 Å². The van der Waals surface area contributed by atoms with Crippen LogP contribution in [0.25, 0.3) is 0 Å². The van der Waals surface area contributed by atoms with E-state index >= 15 is 0 Å². The number of oxime groups is 1. The molecule has 7 atom stereocenters. The number of allylic oxidation sites excluding steroid dienone is 2. The first-order valence-electron chi connectivity index (χ1n) is 13.3. The molecule has 0 aromatic heterocycles. The topological polar surface area (TPSA) is 99.4 Å². The van der Waals surface area contributed by atoms with Crippen LogP contribution in [-0.2, 0) is 16.1 Å². The first-order valence-corrected chi connectivity index (χ1v) is 14.1. The SMILES string of the molecule is C[C@]12CC/C(=N\OCCc3cccc(Br)c3)C=C1CC[C@@H]1[C@@H]2[C@@H](O)C[C@@]2(C)[C@H]1CC[C@]2(O)C(=O)CO. The first-order chi connectivity index (χ1) is 17.1. The zero-order valence-corrected chi connectivity index (χ0v) is 22.8. The molecule has 0 bridgehead atoms. The maximum atomic E-state index is 12.6. The van der Waals surface area contributed by atoms with Crippen LogP contribution in [-0.4, -0.2) is 51.7 Å². The van der Waals surface area contributed by atoms with Crippen LogP contribution < -0.4 is 0 Å². The average molecular weight is 561 g/mol. The second kappa shape index (κ2) is 9.64. The van der Waals surface area contributed by atoms with Crippen molar-refractivity contribution in [2.45, 2.75) is 76.9 Å². The molecule has 0 unspecified atom stereocenters. The van der Waals surface area contributed by atoms with Crippen LogP contribution >= 0.6 is 15.9 Å². The summed E-state index contributed by atoms with van der Waals surface area (Å²) in [5, 5.41) is 36.9. The smallest absolute Gasteiger partial charge is 0.190 e. The summed E-state index contributed by atoms with van der Waals surface area (Å²) >= 11 is 3.50. The Hall–Kier alpha value is -1.54. The standard InChI is InChI=1S/C29H38BrNO5/c1-27-11-8-21(31-36-13-10-18-4-3-5-20(30)14-18)15-19(27)6-7-22-23-9-12-29(35,25(34)17-32)28(23,2)16-24(33)26(22)27/h3-5,14-15,22-24,26,32-33,35H,6-13,16-17H2,1-2H3/b31-21+/t22-,23-,24-,26+,27-,28-,29-/m0/s1. The van der Waals surface area contributed by atoms with Gasteiger partial charge in [-0.05, 0) is 91.9 Å². The van der Waals surface area contributed by atoms with Gasteiger partial charge in [-0.3, -0.25) is 4.79 Å². The van der Waals surface area contributed by atoms with Crippen molar-refractivity contribution < 1.29 is 25.0 Å². The quantitative estimate of drug-likeness (QED) is 0.349. The fourth-order valence-electron chi connectivity index (χ4n) is 8.35. The third-order valence-electron chi connectivity index (χ3n) is 10.2. The van der Waals surface area contributed by atoms with E-state index in [2.05, 4.69) is 46.2 Å². The maximum Gasteiger partial charge on any atom is 0.190 e. The summed E-state index contributed by atoms with van der Waals surface area (Å²) < 4.78 is 1.06. The molecule has 196 valence electrons. The Bertz CT molecular complexity index is 1090. The van der Waals surface area contributed by atoms with Crippen LogP contribution in [0.1, 0.15) is 64.4 Å². The lowest BCUT2D eigenvalue weighted by Gasteiger charge is -2.60. The van der Waals surface area contributed by atoms with E-state index in [9.17, 15) is 20.1 Å². The van der Waals surface area contributed by atoms with Gasteiger partial charge >= 0.3 is 0 Å². The number of carbonyl (C=O) groups is 1. The molecular weight excluding hydrogens is 522 g/mol. The minimum atomic E-state index is -1.55. The van der Waals surface area contributed by atoms with Gasteiger partial charge in [0.1, 0.15) is 18.8 Å². The number of benzene rings is 1. The van der Waals surface area contributed by atoms with Gasteiger partial charge in [-0.1, -0.05) is 52.6 Å². The van der Waals surface area contributed by atoms with E-state index in [0.29, 0.717) is 19.4 Å². The van der Waals surface area contributed by atoms with E-state index < -0.39 is 29.5 Å². The number of aliphatic hydroxyl groups excluding tert-OH is 2. The van der Waals surface area contributed by atoms with Crippen LogP contribution in [0.4, 0.5) is 0 Å². The van der Waals surface area contributed by atoms with Gasteiger partial charge < -0.3 is 20.2 Å². The number of halogens is 1. The summed E-state index contributed by atoms with van der Waals surface area (Å²) in [6.45, 7) is 4.12. The summed E-state index contributed by atoms with van der Waals surface area (Å²) in [7, 11) is 0. The Morgan fingerprint density at radius 3 is 2.78 bits per heavy atom. The van der Waals surface area contributed by atoms with Crippen molar-refractivity contribution in [1.29, 1.82) is 0 Å². The maximum absolute atomic E-state index is 12.6. The number of rotatable bonds is 6. The van der Waals surface area contributed by atoms with E-state index in [4.69, 9.17) is 4.84 Å². The molecule has 3 fully saturated rings. The van der Waals surface area contributed by atoms with Gasteiger partial charge in [0.25, 0.3) is 0 Å². The lowest BCUT2D eigenvalue weighted by atomic mass is 9.45. The van der Waals surface area contributed by atoms with Crippen molar-refractivity contribution in [1.82, 2.24) is 0 Å². The van der Waals surface area contributed by atoms with Crippen molar-refractivity contribution >= 4 is 27.4 Å². The molecule has 0 amide bonds. The van der Waals surface area contributed by atoms with Gasteiger partial charge in [0, 0.05) is 16.3 Å². The summed E-state index contributed by atoms with van der Waals surface area (Å²) in [6, 6.07) is 8.20. The largest absolute Gasteiger partial charge is 0.395 e. The molecular formula is C29H38BrNO5. The molecule has 4 aliphatic carbocycles. The highest BCUT2D eigenvalue weighted by Crippen LogP contribution is 2.67. The Labute approximate surface area is 221 Å². The van der Waals surface area contributed by atoms with Crippen molar-refractivity contribution in [2.75, 3.05) is 13.2 Å². The van der Waals surface area contributed by atoms with Crippen molar-refractivity contribution in [2.24, 2.45) is 33.7 Å². The number of hydrogen-bond acceptors (Lipinski definition) is 6. The molecule has 1 aromatic carbocycles. The molecule has 36 heavy (non-hydrogen) atoms. The molecule has 3 saturated carbocycles. The van der Waals surface area contributed by atoms with Crippen LogP contribution in [0.2, 0.25) is 0 Å². The highest BCUT2D eigenvalue weighted by molar-refractivity contribution is 9.10. The molecule has 0 aliphatic heterocycles. The Balaban J connectivity index is 1.31. The number of carbonyl (C=O) groups excluding carboxylic acids is 1. The van der Waals surface area contributed by atoms with Crippen LogP contribution in [0, 0.1) is 28.6 Å². The van der Waals surface area contributed by atoms with Gasteiger partial charge in [-0.25, -0.2) is 0 Å². The first kappa shape index (κ1) is 26.1. The van der Waals surface area contributed by atoms with Crippen LogP contribution in [0.5, 0.6) is 0 Å².